The van der Waals surface area contributed by atoms with E-state index in [1.165, 1.54) is 0 Å². The molecule has 2 aromatic carbocycles. The van der Waals surface area contributed by atoms with Crippen molar-refractivity contribution < 1.29 is 32.3 Å². The van der Waals surface area contributed by atoms with Gasteiger partial charge in [-0.25, -0.2) is 0 Å². The van der Waals surface area contributed by atoms with Crippen LogP contribution in [0.5, 0.6) is 0 Å². The van der Waals surface area contributed by atoms with E-state index in [9.17, 15) is 27.6 Å². The quantitative estimate of drug-likeness (QED) is 0.614. The summed E-state index contributed by atoms with van der Waals surface area (Å²) in [5.41, 5.74) is 1.66. The molecule has 1 saturated heterocycles. The predicted octanol–water partition coefficient (Wildman–Crippen LogP) is 3.53. The molecule has 2 aromatic rings. The number of aryl methyl sites for hydroxylation is 1. The molecule has 0 bridgehead atoms. The second-order valence-electron chi connectivity index (χ2n) is 7.66. The molecule has 0 saturated carbocycles. The van der Waals surface area contributed by atoms with Crippen LogP contribution < -0.4 is 15.5 Å². The van der Waals surface area contributed by atoms with E-state index in [-0.39, 0.29) is 5.56 Å². The molecule has 0 unspecified atom stereocenters. The molecule has 0 radical (unpaired) electrons. The van der Waals surface area contributed by atoms with Gasteiger partial charge in [-0.1, -0.05) is 0 Å². The minimum absolute atomic E-state index is 0.0404. The number of halogens is 3. The van der Waals surface area contributed by atoms with Gasteiger partial charge in [0.1, 0.15) is 6.54 Å². The molecular weight excluding hydrogens is 439 g/mol. The molecule has 0 aromatic heterocycles. The monoisotopic (exact) mass is 463 g/mol. The molecule has 10 heteroatoms. The molecule has 176 valence electrons. The minimum atomic E-state index is -4.51. The number of esters is 1. The first-order valence-corrected chi connectivity index (χ1v) is 10.4. The molecule has 1 aliphatic heterocycles. The largest absolute Gasteiger partial charge is 0.454 e. The Balaban J connectivity index is 1.42. The van der Waals surface area contributed by atoms with Crippen molar-refractivity contribution in [2.75, 3.05) is 36.5 Å². The smallest absolute Gasteiger partial charge is 0.416 e. The lowest BCUT2D eigenvalue weighted by atomic mass is 10.1. The number of hydrogen-bond donors (Lipinski definition) is 2. The van der Waals surface area contributed by atoms with Crippen LogP contribution in [0.4, 0.5) is 24.5 Å². The van der Waals surface area contributed by atoms with Gasteiger partial charge in [0, 0.05) is 30.0 Å². The fourth-order valence-corrected chi connectivity index (χ4v) is 3.41. The zero-order valence-corrected chi connectivity index (χ0v) is 18.0. The number of nitrogens with zero attached hydrogens (tertiary/aromatic N) is 1. The molecule has 1 heterocycles. The van der Waals surface area contributed by atoms with Crippen LogP contribution in [0.3, 0.4) is 0 Å². The van der Waals surface area contributed by atoms with E-state index in [1.54, 1.807) is 6.07 Å². The number of benzene rings is 2. The number of hydrogen-bond acceptors (Lipinski definition) is 5. The van der Waals surface area contributed by atoms with Gasteiger partial charge in [-0.15, -0.1) is 0 Å². The van der Waals surface area contributed by atoms with Gasteiger partial charge >= 0.3 is 12.1 Å². The van der Waals surface area contributed by atoms with Gasteiger partial charge in [0.2, 0.25) is 0 Å². The molecule has 1 aliphatic rings. The minimum Gasteiger partial charge on any atom is -0.454 e. The molecule has 2 N–H and O–H groups in total. The van der Waals surface area contributed by atoms with Crippen molar-refractivity contribution in [3.05, 3.63) is 59.2 Å². The van der Waals surface area contributed by atoms with Gasteiger partial charge < -0.3 is 20.3 Å². The van der Waals surface area contributed by atoms with Gasteiger partial charge in [-0.2, -0.15) is 13.2 Å². The summed E-state index contributed by atoms with van der Waals surface area (Å²) in [4.78, 5) is 38.2. The normalized spacial score (nSPS) is 13.5. The van der Waals surface area contributed by atoms with Crippen molar-refractivity contribution in [2.45, 2.75) is 25.9 Å². The van der Waals surface area contributed by atoms with E-state index in [1.807, 2.05) is 19.1 Å². The Morgan fingerprint density at radius 2 is 1.70 bits per heavy atom. The molecule has 0 atom stereocenters. The number of rotatable bonds is 7. The van der Waals surface area contributed by atoms with E-state index >= 15 is 0 Å². The first-order valence-electron chi connectivity index (χ1n) is 10.4. The molecular formula is C23H24F3N3O4. The molecule has 3 rings (SSSR count). The summed E-state index contributed by atoms with van der Waals surface area (Å²) < 4.78 is 42.6. The number of nitrogens with one attached hydrogen (secondary N) is 2. The third-order valence-corrected chi connectivity index (χ3v) is 5.19. The van der Waals surface area contributed by atoms with Crippen LogP contribution in [-0.2, 0) is 20.5 Å². The highest BCUT2D eigenvalue weighted by molar-refractivity contribution is 5.96. The Morgan fingerprint density at radius 1 is 1.03 bits per heavy atom. The second kappa shape index (κ2) is 10.4. The summed E-state index contributed by atoms with van der Waals surface area (Å²) in [6.45, 7) is 2.82. The van der Waals surface area contributed by atoms with E-state index in [0.29, 0.717) is 5.69 Å². The van der Waals surface area contributed by atoms with E-state index in [4.69, 9.17) is 4.74 Å². The average Bonchev–Trinajstić information content (AvgIpc) is 3.32. The van der Waals surface area contributed by atoms with Crippen LogP contribution >= 0.6 is 0 Å². The summed E-state index contributed by atoms with van der Waals surface area (Å²) in [5, 5.41) is 4.92. The van der Waals surface area contributed by atoms with E-state index in [2.05, 4.69) is 15.5 Å². The zero-order valence-electron chi connectivity index (χ0n) is 18.0. The molecule has 7 nitrogen and oxygen atoms in total. The fourth-order valence-electron chi connectivity index (χ4n) is 3.41. The van der Waals surface area contributed by atoms with Crippen LogP contribution in [-0.4, -0.2) is 44.0 Å². The third kappa shape index (κ3) is 6.71. The van der Waals surface area contributed by atoms with Crippen LogP contribution in [0.1, 0.15) is 34.3 Å². The maximum Gasteiger partial charge on any atom is 0.416 e. The van der Waals surface area contributed by atoms with Gasteiger partial charge in [0.05, 0.1) is 5.56 Å². The molecule has 0 spiro atoms. The number of anilines is 2. The van der Waals surface area contributed by atoms with Crippen molar-refractivity contribution in [3.63, 3.8) is 0 Å². The maximum atomic E-state index is 12.6. The second-order valence-corrected chi connectivity index (χ2v) is 7.66. The highest BCUT2D eigenvalue weighted by Gasteiger charge is 2.30. The van der Waals surface area contributed by atoms with Gasteiger partial charge in [-0.05, 0) is 67.8 Å². The van der Waals surface area contributed by atoms with Crippen LogP contribution in [0.2, 0.25) is 0 Å². The van der Waals surface area contributed by atoms with Crippen LogP contribution in [0.25, 0.3) is 0 Å². The molecule has 33 heavy (non-hydrogen) atoms. The van der Waals surface area contributed by atoms with Gasteiger partial charge in [0.15, 0.2) is 6.61 Å². The van der Waals surface area contributed by atoms with E-state index in [0.717, 1.165) is 61.4 Å². The Labute approximate surface area is 188 Å². The van der Waals surface area contributed by atoms with Crippen molar-refractivity contribution in [1.82, 2.24) is 5.32 Å². The highest BCUT2D eigenvalue weighted by atomic mass is 19.4. The Morgan fingerprint density at radius 3 is 2.30 bits per heavy atom. The first kappa shape index (κ1) is 24.1. The highest BCUT2D eigenvalue weighted by Crippen LogP contribution is 2.29. The Bertz CT molecular complexity index is 1020. The zero-order chi connectivity index (χ0) is 24.0. The first-order chi connectivity index (χ1) is 15.6. The SMILES string of the molecule is Cc1cc(N2CCCC2)ccc1NC(=O)COC(=O)CNC(=O)c1ccc(C(F)(F)F)cc1. The topological polar surface area (TPSA) is 87.7 Å². The summed E-state index contributed by atoms with van der Waals surface area (Å²) >= 11 is 0. The summed E-state index contributed by atoms with van der Waals surface area (Å²) in [6, 6.07) is 9.28. The average molecular weight is 463 g/mol. The number of alkyl halides is 3. The van der Waals surface area contributed by atoms with Crippen molar-refractivity contribution in [1.29, 1.82) is 0 Å². The summed E-state index contributed by atoms with van der Waals surface area (Å²) in [6.07, 6.45) is -2.19. The maximum absolute atomic E-state index is 12.6. The van der Waals surface area contributed by atoms with Crippen LogP contribution in [0, 0.1) is 6.92 Å². The van der Waals surface area contributed by atoms with Crippen molar-refractivity contribution in [3.8, 4) is 0 Å². The van der Waals surface area contributed by atoms with Gasteiger partial charge in [0.25, 0.3) is 11.8 Å². The lowest BCUT2D eigenvalue weighted by molar-refractivity contribution is -0.146. The fraction of sp³-hybridized carbons (Fsp3) is 0.348. The van der Waals surface area contributed by atoms with E-state index < -0.39 is 42.7 Å². The number of amides is 2. The third-order valence-electron chi connectivity index (χ3n) is 5.19. The number of carbonyl (C=O) groups excluding carboxylic acids is 3. The number of carbonyl (C=O) groups is 3. The molecule has 2 amide bonds. The molecule has 0 aliphatic carbocycles. The molecule has 1 fully saturated rings. The van der Waals surface area contributed by atoms with Gasteiger partial charge in [-0.3, -0.25) is 14.4 Å². The van der Waals surface area contributed by atoms with Crippen molar-refractivity contribution >= 4 is 29.2 Å². The lowest BCUT2D eigenvalue weighted by Gasteiger charge is -2.19. The Hall–Kier alpha value is -3.56. The summed E-state index contributed by atoms with van der Waals surface area (Å²) in [5.74, 6) is -2.13. The standard InChI is InChI=1S/C23H24F3N3O4/c1-15-12-18(29-10-2-3-11-29)8-9-19(15)28-20(30)14-33-21(31)13-27-22(32)16-4-6-17(7-5-16)23(24,25)26/h4-9,12H,2-3,10-11,13-14H2,1H3,(H,27,32)(H,28,30). The summed E-state index contributed by atoms with van der Waals surface area (Å²) in [7, 11) is 0. The Kier molecular flexibility index (Phi) is 7.57. The van der Waals surface area contributed by atoms with Crippen LogP contribution in [0.15, 0.2) is 42.5 Å². The number of ether oxygens (including phenoxy) is 1. The van der Waals surface area contributed by atoms with Crippen molar-refractivity contribution in [2.24, 2.45) is 0 Å². The predicted molar refractivity (Wildman–Crippen MR) is 116 cm³/mol. The lowest BCUT2D eigenvalue weighted by Crippen LogP contribution is -2.32.